The summed E-state index contributed by atoms with van der Waals surface area (Å²) in [7, 11) is 1.61. The Morgan fingerprint density at radius 2 is 1.84 bits per heavy atom. The van der Waals surface area contributed by atoms with Crippen LogP contribution in [0.4, 0.5) is 5.69 Å². The average molecular weight is 487 g/mol. The molecule has 2 aromatic carbocycles. The van der Waals surface area contributed by atoms with E-state index in [0.29, 0.717) is 5.56 Å². The Morgan fingerprint density at radius 1 is 1.16 bits per heavy atom. The summed E-state index contributed by atoms with van der Waals surface area (Å²) in [4.78, 5) is 24.6. The van der Waals surface area contributed by atoms with Crippen molar-refractivity contribution in [3.63, 3.8) is 0 Å². The number of carbonyl (C=O) groups excluding carboxylic acids is 1. The summed E-state index contributed by atoms with van der Waals surface area (Å²) in [6.07, 6.45) is -0.0780. The lowest BCUT2D eigenvalue weighted by atomic mass is 9.97. The largest absolute Gasteiger partial charge is 0.481 e. The van der Waals surface area contributed by atoms with E-state index in [1.807, 2.05) is 24.3 Å². The Bertz CT molecular complexity index is 1090. The fourth-order valence-corrected chi connectivity index (χ4v) is 3.88. The Hall–Kier alpha value is -2.80. The predicted molar refractivity (Wildman–Crippen MR) is 126 cm³/mol. The molecular weight excluding hydrogens is 460 g/mol. The van der Waals surface area contributed by atoms with E-state index in [1.165, 1.54) is 4.90 Å². The number of amides is 1. The topological polar surface area (TPSA) is 82.8 Å². The van der Waals surface area contributed by atoms with Crippen molar-refractivity contribution in [2.45, 2.75) is 33.2 Å². The SMILES string of the molecule is Cc1c(C(Nc2ccc(C(=O)N(C)CCC(=O)O)cc2)C(C)C)oc2ccc(Br)cc12. The second kappa shape index (κ2) is 9.56. The van der Waals surface area contributed by atoms with Gasteiger partial charge in [-0.3, -0.25) is 9.59 Å². The lowest BCUT2D eigenvalue weighted by molar-refractivity contribution is -0.137. The molecule has 0 aliphatic heterocycles. The predicted octanol–water partition coefficient (Wildman–Crippen LogP) is 5.86. The van der Waals surface area contributed by atoms with Gasteiger partial charge >= 0.3 is 5.97 Å². The summed E-state index contributed by atoms with van der Waals surface area (Å²) < 4.78 is 7.21. The minimum atomic E-state index is -0.924. The zero-order valence-electron chi connectivity index (χ0n) is 18.1. The molecule has 3 aromatic rings. The molecule has 1 amide bonds. The first kappa shape index (κ1) is 22.9. The van der Waals surface area contributed by atoms with Gasteiger partial charge in [-0.05, 0) is 55.3 Å². The maximum absolute atomic E-state index is 12.5. The van der Waals surface area contributed by atoms with Gasteiger partial charge in [0, 0.05) is 40.3 Å². The number of hydrogen-bond donors (Lipinski definition) is 2. The first-order valence-corrected chi connectivity index (χ1v) is 11.0. The maximum Gasteiger partial charge on any atom is 0.305 e. The van der Waals surface area contributed by atoms with Crippen molar-refractivity contribution in [1.29, 1.82) is 0 Å². The smallest absolute Gasteiger partial charge is 0.305 e. The Labute approximate surface area is 190 Å². The van der Waals surface area contributed by atoms with Gasteiger partial charge in [0.15, 0.2) is 0 Å². The highest BCUT2D eigenvalue weighted by molar-refractivity contribution is 9.10. The van der Waals surface area contributed by atoms with Crippen LogP contribution in [-0.4, -0.2) is 35.5 Å². The number of fused-ring (bicyclic) bond motifs is 1. The van der Waals surface area contributed by atoms with Crippen LogP contribution in [0.15, 0.2) is 51.4 Å². The number of nitrogens with zero attached hydrogens (tertiary/aromatic N) is 1. The fraction of sp³-hybridized carbons (Fsp3) is 0.333. The number of carbonyl (C=O) groups is 2. The van der Waals surface area contributed by atoms with Crippen LogP contribution in [-0.2, 0) is 4.79 Å². The highest BCUT2D eigenvalue weighted by atomic mass is 79.9. The molecule has 0 saturated carbocycles. The summed E-state index contributed by atoms with van der Waals surface area (Å²) in [5.41, 5.74) is 3.36. The monoisotopic (exact) mass is 486 g/mol. The summed E-state index contributed by atoms with van der Waals surface area (Å²) in [6, 6.07) is 13.2. The second-order valence-electron chi connectivity index (χ2n) is 8.05. The van der Waals surface area contributed by atoms with Gasteiger partial charge in [0.25, 0.3) is 5.91 Å². The number of nitrogens with one attached hydrogen (secondary N) is 1. The van der Waals surface area contributed by atoms with E-state index in [-0.39, 0.29) is 30.8 Å². The molecule has 2 N–H and O–H groups in total. The molecule has 1 aromatic heterocycles. The van der Waals surface area contributed by atoms with Crippen molar-refractivity contribution < 1.29 is 19.1 Å². The van der Waals surface area contributed by atoms with Crippen molar-refractivity contribution in [2.75, 3.05) is 18.9 Å². The minimum absolute atomic E-state index is 0.0361. The lowest BCUT2D eigenvalue weighted by Gasteiger charge is -2.23. The molecule has 1 unspecified atom stereocenters. The van der Waals surface area contributed by atoms with E-state index in [9.17, 15) is 9.59 Å². The highest BCUT2D eigenvalue weighted by Crippen LogP contribution is 2.36. The van der Waals surface area contributed by atoms with Crippen molar-refractivity contribution in [3.8, 4) is 0 Å². The van der Waals surface area contributed by atoms with E-state index in [0.717, 1.165) is 32.5 Å². The molecule has 1 atom stereocenters. The van der Waals surface area contributed by atoms with Crippen LogP contribution in [0.25, 0.3) is 11.0 Å². The summed E-state index contributed by atoms with van der Waals surface area (Å²) in [6.45, 7) is 6.51. The van der Waals surface area contributed by atoms with Crippen molar-refractivity contribution in [3.05, 3.63) is 63.8 Å². The quantitative estimate of drug-likeness (QED) is 0.416. The van der Waals surface area contributed by atoms with E-state index < -0.39 is 5.97 Å². The second-order valence-corrected chi connectivity index (χ2v) is 8.96. The molecule has 3 rings (SSSR count). The molecule has 7 heteroatoms. The van der Waals surface area contributed by atoms with Crippen LogP contribution in [0.5, 0.6) is 0 Å². The molecule has 0 bridgehead atoms. The summed E-state index contributed by atoms with van der Waals surface area (Å²) >= 11 is 3.52. The van der Waals surface area contributed by atoms with Crippen molar-refractivity contribution in [2.24, 2.45) is 5.92 Å². The Kier molecular flexibility index (Phi) is 7.05. The molecule has 0 saturated heterocycles. The van der Waals surface area contributed by atoms with Crippen LogP contribution in [0.1, 0.15) is 48.0 Å². The number of hydrogen-bond acceptors (Lipinski definition) is 4. The molecule has 0 fully saturated rings. The lowest BCUT2D eigenvalue weighted by Crippen LogP contribution is -2.29. The first-order valence-electron chi connectivity index (χ1n) is 10.2. The van der Waals surface area contributed by atoms with Gasteiger partial charge in [0.2, 0.25) is 0 Å². The van der Waals surface area contributed by atoms with E-state index >= 15 is 0 Å². The Balaban J connectivity index is 1.79. The van der Waals surface area contributed by atoms with Gasteiger partial charge in [0.1, 0.15) is 11.3 Å². The van der Waals surface area contributed by atoms with E-state index in [4.69, 9.17) is 9.52 Å². The van der Waals surface area contributed by atoms with Crippen LogP contribution in [0.2, 0.25) is 0 Å². The highest BCUT2D eigenvalue weighted by Gasteiger charge is 2.24. The number of rotatable bonds is 8. The zero-order valence-corrected chi connectivity index (χ0v) is 19.7. The molecule has 0 aliphatic rings. The Morgan fingerprint density at radius 3 is 2.45 bits per heavy atom. The number of halogens is 1. The molecule has 0 spiro atoms. The third kappa shape index (κ3) is 5.28. The van der Waals surface area contributed by atoms with Crippen LogP contribution >= 0.6 is 15.9 Å². The number of anilines is 1. The van der Waals surface area contributed by atoms with Crippen molar-refractivity contribution >= 4 is 44.5 Å². The van der Waals surface area contributed by atoms with Crippen LogP contribution in [0, 0.1) is 12.8 Å². The van der Waals surface area contributed by atoms with Crippen molar-refractivity contribution in [1.82, 2.24) is 4.90 Å². The molecular formula is C24H27BrN2O4. The number of aliphatic carboxylic acids is 1. The number of furan rings is 1. The fourth-order valence-electron chi connectivity index (χ4n) is 3.52. The summed E-state index contributed by atoms with van der Waals surface area (Å²) in [5, 5.41) is 13.4. The maximum atomic E-state index is 12.5. The first-order chi connectivity index (χ1) is 14.7. The molecule has 164 valence electrons. The van der Waals surface area contributed by atoms with Gasteiger partial charge in [-0.15, -0.1) is 0 Å². The number of carboxylic acid groups (broad SMARTS) is 1. The van der Waals surface area contributed by atoms with Gasteiger partial charge < -0.3 is 19.7 Å². The van der Waals surface area contributed by atoms with Crippen LogP contribution in [0.3, 0.4) is 0 Å². The molecule has 6 nitrogen and oxygen atoms in total. The standard InChI is InChI=1S/C24H27BrN2O4/c1-14(2)22(23-15(3)19-13-17(25)7-10-20(19)31-23)26-18-8-5-16(6-9-18)24(30)27(4)12-11-21(28)29/h5-10,13-14,22,26H,11-12H2,1-4H3,(H,28,29). The molecule has 0 radical (unpaired) electrons. The normalized spacial score (nSPS) is 12.2. The zero-order chi connectivity index (χ0) is 22.7. The van der Waals surface area contributed by atoms with Gasteiger partial charge in [-0.1, -0.05) is 29.8 Å². The molecule has 1 heterocycles. The van der Waals surface area contributed by atoms with E-state index in [1.54, 1.807) is 19.2 Å². The third-order valence-electron chi connectivity index (χ3n) is 5.35. The average Bonchev–Trinajstić information content (AvgIpc) is 3.05. The van der Waals surface area contributed by atoms with E-state index in [2.05, 4.69) is 48.1 Å². The summed E-state index contributed by atoms with van der Waals surface area (Å²) in [5.74, 6) is 0.0434. The van der Waals surface area contributed by atoms with Gasteiger partial charge in [-0.2, -0.15) is 0 Å². The number of carboxylic acids is 1. The number of aryl methyl sites for hydroxylation is 1. The third-order valence-corrected chi connectivity index (χ3v) is 5.84. The van der Waals surface area contributed by atoms with Crippen LogP contribution < -0.4 is 5.32 Å². The minimum Gasteiger partial charge on any atom is -0.481 e. The van der Waals surface area contributed by atoms with Gasteiger partial charge in [0.05, 0.1) is 12.5 Å². The molecule has 31 heavy (non-hydrogen) atoms. The van der Waals surface area contributed by atoms with Gasteiger partial charge in [-0.25, -0.2) is 0 Å². The number of benzene rings is 2. The molecule has 0 aliphatic carbocycles.